The quantitative estimate of drug-likeness (QED) is 0.747. The molecule has 0 aliphatic carbocycles. The van der Waals surface area contributed by atoms with Crippen molar-refractivity contribution in [3.8, 4) is 16.3 Å². The molecule has 0 N–H and O–H groups in total. The maximum atomic E-state index is 5.64. The van der Waals surface area contributed by atoms with Gasteiger partial charge in [0.05, 0.1) is 12.2 Å². The van der Waals surface area contributed by atoms with Gasteiger partial charge in [0.1, 0.15) is 17.4 Å². The largest absolute Gasteiger partial charge is 0.490 e. The first-order valence-corrected chi connectivity index (χ1v) is 5.90. The van der Waals surface area contributed by atoms with Gasteiger partial charge in [-0.3, -0.25) is 0 Å². The van der Waals surface area contributed by atoms with Gasteiger partial charge in [-0.15, -0.1) is 11.3 Å². The van der Waals surface area contributed by atoms with Crippen LogP contribution in [0.5, 0.6) is 5.75 Å². The third kappa shape index (κ3) is 2.59. The summed E-state index contributed by atoms with van der Waals surface area (Å²) in [7, 11) is 1.66. The van der Waals surface area contributed by atoms with Gasteiger partial charge in [0.25, 0.3) is 0 Å². The number of thiazole rings is 1. The van der Waals surface area contributed by atoms with Crippen LogP contribution in [-0.4, -0.2) is 25.3 Å². The summed E-state index contributed by atoms with van der Waals surface area (Å²) in [5, 5.41) is 2.94. The summed E-state index contributed by atoms with van der Waals surface area (Å²) >= 11 is 1.61. The lowest BCUT2D eigenvalue weighted by Crippen LogP contribution is -2.04. The van der Waals surface area contributed by atoms with Gasteiger partial charge in [0.15, 0.2) is 0 Å². The lowest BCUT2D eigenvalue weighted by atomic mass is 10.2. The average molecular weight is 235 g/mol. The highest BCUT2D eigenvalue weighted by atomic mass is 32.1. The number of aromatic nitrogens is 1. The minimum Gasteiger partial charge on any atom is -0.490 e. The van der Waals surface area contributed by atoms with Crippen molar-refractivity contribution in [2.45, 2.75) is 0 Å². The molecule has 1 aromatic heterocycles. The summed E-state index contributed by atoms with van der Waals surface area (Å²) in [6.07, 6.45) is 1.80. The molecule has 0 spiro atoms. The normalized spacial score (nSPS) is 10.3. The maximum Gasteiger partial charge on any atom is 0.129 e. The summed E-state index contributed by atoms with van der Waals surface area (Å²) in [5.74, 6) is 0.856. The molecule has 0 saturated heterocycles. The molecule has 0 aliphatic rings. The number of benzene rings is 1. The van der Waals surface area contributed by atoms with E-state index in [1.807, 2.05) is 29.6 Å². The zero-order chi connectivity index (χ0) is 11.2. The Hall–Kier alpha value is -1.39. The van der Waals surface area contributed by atoms with Crippen LogP contribution in [0, 0.1) is 0 Å². The van der Waals surface area contributed by atoms with Gasteiger partial charge in [-0.2, -0.15) is 0 Å². The highest BCUT2D eigenvalue weighted by Crippen LogP contribution is 2.30. The summed E-state index contributed by atoms with van der Waals surface area (Å²) < 4.78 is 10.6. The van der Waals surface area contributed by atoms with Gasteiger partial charge in [0.2, 0.25) is 0 Å². The number of rotatable bonds is 5. The van der Waals surface area contributed by atoms with Crippen molar-refractivity contribution in [1.82, 2.24) is 4.98 Å². The van der Waals surface area contributed by atoms with Crippen LogP contribution in [0.3, 0.4) is 0 Å². The monoisotopic (exact) mass is 235 g/mol. The lowest BCUT2D eigenvalue weighted by Gasteiger charge is -2.08. The minimum atomic E-state index is 0.554. The first-order chi connectivity index (χ1) is 7.92. The predicted octanol–water partition coefficient (Wildman–Crippen LogP) is 2.84. The number of para-hydroxylation sites is 1. The molecule has 4 heteroatoms. The topological polar surface area (TPSA) is 31.4 Å². The predicted molar refractivity (Wildman–Crippen MR) is 64.9 cm³/mol. The van der Waals surface area contributed by atoms with Crippen molar-refractivity contribution in [2.24, 2.45) is 0 Å². The first kappa shape index (κ1) is 11.1. The van der Waals surface area contributed by atoms with E-state index >= 15 is 0 Å². The number of ether oxygens (including phenoxy) is 2. The van der Waals surface area contributed by atoms with E-state index in [1.54, 1.807) is 24.6 Å². The van der Waals surface area contributed by atoms with Crippen molar-refractivity contribution in [1.29, 1.82) is 0 Å². The molecule has 0 radical (unpaired) electrons. The molecule has 0 amide bonds. The number of methoxy groups -OCH3 is 1. The van der Waals surface area contributed by atoms with E-state index in [0.717, 1.165) is 16.3 Å². The molecule has 2 aromatic rings. The highest BCUT2D eigenvalue weighted by Gasteiger charge is 2.07. The number of nitrogens with zero attached hydrogens (tertiary/aromatic N) is 1. The van der Waals surface area contributed by atoms with E-state index in [4.69, 9.17) is 9.47 Å². The Morgan fingerprint density at radius 3 is 2.88 bits per heavy atom. The van der Waals surface area contributed by atoms with Crippen LogP contribution in [0.1, 0.15) is 0 Å². The molecular formula is C12H13NO2S. The van der Waals surface area contributed by atoms with E-state index in [1.165, 1.54) is 0 Å². The third-order valence-corrected chi connectivity index (χ3v) is 2.90. The van der Waals surface area contributed by atoms with E-state index in [2.05, 4.69) is 4.98 Å². The minimum absolute atomic E-state index is 0.554. The second kappa shape index (κ2) is 5.63. The van der Waals surface area contributed by atoms with Gasteiger partial charge in [0, 0.05) is 18.7 Å². The zero-order valence-electron chi connectivity index (χ0n) is 9.05. The second-order valence-electron chi connectivity index (χ2n) is 3.17. The molecule has 0 bridgehead atoms. The standard InChI is InChI=1S/C12H13NO2S/c1-14-7-8-15-11-5-3-2-4-10(11)12-13-6-9-16-12/h2-6,9H,7-8H2,1H3. The third-order valence-electron chi connectivity index (χ3n) is 2.09. The lowest BCUT2D eigenvalue weighted by molar-refractivity contribution is 0.146. The van der Waals surface area contributed by atoms with E-state index < -0.39 is 0 Å². The molecule has 0 atom stereocenters. The second-order valence-corrected chi connectivity index (χ2v) is 4.07. The average Bonchev–Trinajstić information content (AvgIpc) is 2.83. The molecular weight excluding hydrogens is 222 g/mol. The van der Waals surface area contributed by atoms with Crippen LogP contribution in [0.15, 0.2) is 35.8 Å². The molecule has 84 valence electrons. The van der Waals surface area contributed by atoms with E-state index in [9.17, 15) is 0 Å². The van der Waals surface area contributed by atoms with Gasteiger partial charge in [-0.25, -0.2) is 4.98 Å². The van der Waals surface area contributed by atoms with Gasteiger partial charge < -0.3 is 9.47 Å². The molecule has 0 saturated carbocycles. The van der Waals surface area contributed by atoms with Gasteiger partial charge in [-0.1, -0.05) is 12.1 Å². The molecule has 3 nitrogen and oxygen atoms in total. The number of hydrogen-bond donors (Lipinski definition) is 0. The Balaban J connectivity index is 2.18. The Bertz CT molecular complexity index is 428. The van der Waals surface area contributed by atoms with Gasteiger partial charge >= 0.3 is 0 Å². The van der Waals surface area contributed by atoms with Crippen LogP contribution in [-0.2, 0) is 4.74 Å². The maximum absolute atomic E-state index is 5.64. The van der Waals surface area contributed by atoms with Crippen LogP contribution < -0.4 is 4.74 Å². The fraction of sp³-hybridized carbons (Fsp3) is 0.250. The van der Waals surface area contributed by atoms with Crippen LogP contribution in [0.4, 0.5) is 0 Å². The van der Waals surface area contributed by atoms with Crippen molar-refractivity contribution in [2.75, 3.05) is 20.3 Å². The Morgan fingerprint density at radius 1 is 1.25 bits per heavy atom. The van der Waals surface area contributed by atoms with Crippen LogP contribution in [0.2, 0.25) is 0 Å². The number of hydrogen-bond acceptors (Lipinski definition) is 4. The van der Waals surface area contributed by atoms with Crippen LogP contribution in [0.25, 0.3) is 10.6 Å². The van der Waals surface area contributed by atoms with Crippen molar-refractivity contribution in [3.05, 3.63) is 35.8 Å². The molecule has 0 unspecified atom stereocenters. The fourth-order valence-corrected chi connectivity index (χ4v) is 2.03. The van der Waals surface area contributed by atoms with Gasteiger partial charge in [-0.05, 0) is 12.1 Å². The molecule has 2 rings (SSSR count). The molecule has 1 aromatic carbocycles. The Kier molecular flexibility index (Phi) is 3.91. The van der Waals surface area contributed by atoms with E-state index in [0.29, 0.717) is 13.2 Å². The fourth-order valence-electron chi connectivity index (χ4n) is 1.36. The summed E-state index contributed by atoms with van der Waals surface area (Å²) in [6, 6.07) is 7.91. The van der Waals surface area contributed by atoms with Crippen molar-refractivity contribution >= 4 is 11.3 Å². The summed E-state index contributed by atoms with van der Waals surface area (Å²) in [5.41, 5.74) is 1.04. The van der Waals surface area contributed by atoms with Crippen LogP contribution >= 0.6 is 11.3 Å². The van der Waals surface area contributed by atoms with Crippen molar-refractivity contribution < 1.29 is 9.47 Å². The Morgan fingerprint density at radius 2 is 2.12 bits per heavy atom. The molecule has 1 heterocycles. The molecule has 0 fully saturated rings. The van der Waals surface area contributed by atoms with Crippen molar-refractivity contribution in [3.63, 3.8) is 0 Å². The smallest absolute Gasteiger partial charge is 0.129 e. The van der Waals surface area contributed by atoms with E-state index in [-0.39, 0.29) is 0 Å². The zero-order valence-corrected chi connectivity index (χ0v) is 9.87. The first-order valence-electron chi connectivity index (χ1n) is 5.02. The molecule has 0 aliphatic heterocycles. The SMILES string of the molecule is COCCOc1ccccc1-c1nccs1. The summed E-state index contributed by atoms with van der Waals surface area (Å²) in [6.45, 7) is 1.14. The highest BCUT2D eigenvalue weighted by molar-refractivity contribution is 7.13. The molecule has 16 heavy (non-hydrogen) atoms. The Labute approximate surface area is 98.7 Å². The summed E-state index contributed by atoms with van der Waals surface area (Å²) in [4.78, 5) is 4.28.